The van der Waals surface area contributed by atoms with Crippen LogP contribution in [0.3, 0.4) is 0 Å². The first-order valence-electron chi connectivity index (χ1n) is 24.0. The number of carbonyl (C=O) groups is 9. The number of carbonyl (C=O) groups excluding carboxylic acids is 5. The third kappa shape index (κ3) is 38.0. The van der Waals surface area contributed by atoms with E-state index in [1.165, 1.54) is 13.8 Å². The molecule has 0 amide bonds. The molecule has 4 N–H and O–H groups in total. The van der Waals surface area contributed by atoms with Crippen LogP contribution < -0.4 is 4.74 Å². The molecule has 0 aliphatic heterocycles. The number of aliphatic carboxylic acids is 4. The first kappa shape index (κ1) is 73.8. The molecule has 1 rings (SSSR count). The van der Waals surface area contributed by atoms with Gasteiger partial charge in [0, 0.05) is 26.2 Å². The van der Waals surface area contributed by atoms with Gasteiger partial charge in [-0.3, -0.25) is 51.5 Å². The third-order valence-electron chi connectivity index (χ3n) is 9.03. The van der Waals surface area contributed by atoms with Crippen LogP contribution in [0, 0.1) is 17.8 Å². The van der Waals surface area contributed by atoms with Crippen molar-refractivity contribution in [1.29, 1.82) is 0 Å². The zero-order valence-corrected chi connectivity index (χ0v) is 47.6. The Morgan fingerprint density at radius 1 is 0.494 bits per heavy atom. The molecule has 77 heavy (non-hydrogen) atoms. The fourth-order valence-electron chi connectivity index (χ4n) is 5.69. The monoisotopic (exact) mass is 1170 g/mol. The first-order chi connectivity index (χ1) is 35.9. The highest BCUT2D eigenvalue weighted by atomic mass is 31.2. The lowest BCUT2D eigenvalue weighted by Crippen LogP contribution is -2.22. The highest BCUT2D eigenvalue weighted by Crippen LogP contribution is 2.52. The van der Waals surface area contributed by atoms with E-state index in [9.17, 15) is 67.1 Å². The molecule has 0 aliphatic rings. The fourth-order valence-corrected chi connectivity index (χ4v) is 11.2. The lowest BCUT2D eigenvalue weighted by molar-refractivity contribution is -0.147. The topological polar surface area (TPSA) is 397 Å². The summed E-state index contributed by atoms with van der Waals surface area (Å²) in [5.74, 6) is -9.06. The van der Waals surface area contributed by atoms with Gasteiger partial charge in [0.25, 0.3) is 0 Å². The Kier molecular flexibility index (Phi) is 38.3. The van der Waals surface area contributed by atoms with Gasteiger partial charge >= 0.3 is 70.9 Å². The van der Waals surface area contributed by atoms with Crippen LogP contribution in [0.4, 0.5) is 9.59 Å². The van der Waals surface area contributed by atoms with Crippen LogP contribution in [-0.2, 0) is 105 Å². The van der Waals surface area contributed by atoms with E-state index in [-0.39, 0.29) is 83.2 Å². The van der Waals surface area contributed by atoms with Gasteiger partial charge in [-0.05, 0) is 99.3 Å². The molecule has 0 spiro atoms. The standard InChI is InChI=1S/C19H27O9P.C16H27O13P.C11H21O6P/c1-4-26-29(24,27-5-2)13-16(19(22)23)8-11-18(21)25-12-15-6-9-17(10-7-15)28-14(3)20;1-10(2)28-15(21)24-8-26-30(23,27-9-25-16(22)29-11(3)4)7-12(14(19)20)5-6-13(17)18;1-4-16-18(15,17-5-2)8-10(11(13)14)7-6-9(3)12/h6-7,9-10,16H,4-5,8,11-13H2,1-3H3,(H,22,23);10-12H,5-9H2,1-4H3,(H,17,18)(H,19,20);10H,4-8H2,1-3H3,(H,13,14). The van der Waals surface area contributed by atoms with Crippen molar-refractivity contribution < 1.29 is 133 Å². The van der Waals surface area contributed by atoms with Crippen LogP contribution in [0.15, 0.2) is 24.3 Å². The van der Waals surface area contributed by atoms with Gasteiger partial charge in [0.2, 0.25) is 13.6 Å². The number of rotatable bonds is 37. The van der Waals surface area contributed by atoms with E-state index in [1.54, 1.807) is 79.7 Å². The zero-order valence-electron chi connectivity index (χ0n) is 44.9. The Bertz CT molecular complexity index is 2090. The lowest BCUT2D eigenvalue weighted by atomic mass is 10.0. The van der Waals surface area contributed by atoms with Gasteiger partial charge in [0.1, 0.15) is 18.1 Å². The highest BCUT2D eigenvalue weighted by Gasteiger charge is 2.36. The highest BCUT2D eigenvalue weighted by molar-refractivity contribution is 7.54. The fraction of sp³-hybridized carbons (Fsp3) is 0.674. The zero-order chi connectivity index (χ0) is 59.4. The summed E-state index contributed by atoms with van der Waals surface area (Å²) in [6.45, 7) is 14.3. The largest absolute Gasteiger partial charge is 0.510 e. The summed E-state index contributed by atoms with van der Waals surface area (Å²) in [6, 6.07) is 6.44. The van der Waals surface area contributed by atoms with Crippen LogP contribution in [0.1, 0.15) is 113 Å². The summed E-state index contributed by atoms with van der Waals surface area (Å²) in [6.07, 6.45) is -5.30. The summed E-state index contributed by atoms with van der Waals surface area (Å²) in [5, 5.41) is 36.4. The molecule has 28 nitrogen and oxygen atoms in total. The van der Waals surface area contributed by atoms with Gasteiger partial charge in [0.05, 0.1) is 74.9 Å². The van der Waals surface area contributed by atoms with Crippen LogP contribution in [0.25, 0.3) is 0 Å². The van der Waals surface area contributed by atoms with E-state index >= 15 is 0 Å². The second-order valence-electron chi connectivity index (χ2n) is 16.4. The Morgan fingerprint density at radius 3 is 1.16 bits per heavy atom. The summed E-state index contributed by atoms with van der Waals surface area (Å²) in [4.78, 5) is 101. The van der Waals surface area contributed by atoms with Gasteiger partial charge in [-0.1, -0.05) is 12.1 Å². The average molecular weight is 1170 g/mol. The molecule has 31 heteroatoms. The van der Waals surface area contributed by atoms with E-state index in [0.29, 0.717) is 11.3 Å². The van der Waals surface area contributed by atoms with Crippen molar-refractivity contribution in [1.82, 2.24) is 0 Å². The predicted octanol–water partition coefficient (Wildman–Crippen LogP) is 8.54. The van der Waals surface area contributed by atoms with Crippen molar-refractivity contribution in [3.63, 3.8) is 0 Å². The van der Waals surface area contributed by atoms with Crippen molar-refractivity contribution in [2.24, 2.45) is 17.8 Å². The predicted molar refractivity (Wildman–Crippen MR) is 268 cm³/mol. The molecule has 0 bridgehead atoms. The van der Waals surface area contributed by atoms with Crippen molar-refractivity contribution in [3.05, 3.63) is 29.8 Å². The maximum atomic E-state index is 12.9. The number of ether oxygens (including phenoxy) is 6. The summed E-state index contributed by atoms with van der Waals surface area (Å²) in [7, 11) is -11.2. The lowest BCUT2D eigenvalue weighted by Gasteiger charge is -2.21. The van der Waals surface area contributed by atoms with Crippen molar-refractivity contribution in [2.45, 2.75) is 127 Å². The normalized spacial score (nSPS) is 12.5. The number of hydrogen-bond donors (Lipinski definition) is 4. The minimum absolute atomic E-state index is 0.00664. The number of esters is 2. The summed E-state index contributed by atoms with van der Waals surface area (Å²) in [5.41, 5.74) is 0.682. The smallest absolute Gasteiger partial charge is 0.481 e. The van der Waals surface area contributed by atoms with Gasteiger partial charge in [-0.2, -0.15) is 0 Å². The third-order valence-corrected chi connectivity index (χ3v) is 15.3. The van der Waals surface area contributed by atoms with Crippen LogP contribution in [0.5, 0.6) is 5.75 Å². The van der Waals surface area contributed by atoms with E-state index < -0.39 is 127 Å². The molecule has 0 aliphatic carbocycles. The first-order valence-corrected chi connectivity index (χ1v) is 29.2. The Labute approximate surface area is 446 Å². The van der Waals surface area contributed by atoms with Gasteiger partial charge in [-0.25, -0.2) is 9.59 Å². The molecule has 0 radical (unpaired) electrons. The summed E-state index contributed by atoms with van der Waals surface area (Å²) >= 11 is 0. The Hall–Kier alpha value is -5.30. The number of carboxylic acids is 4. The molecule has 0 heterocycles. The molecular formula is C46H75O28P3. The molecule has 1 aromatic carbocycles. The average Bonchev–Trinajstić information content (AvgIpc) is 3.30. The quantitative estimate of drug-likeness (QED) is 0.0159. The molecule has 3 unspecified atom stereocenters. The summed E-state index contributed by atoms with van der Waals surface area (Å²) < 4.78 is 96.2. The molecule has 1 aromatic rings. The van der Waals surface area contributed by atoms with E-state index in [0.717, 1.165) is 0 Å². The number of Topliss-reactive ketones (excluding diaryl/α,β-unsaturated/α-hetero) is 1. The number of carboxylic acid groups (broad SMARTS) is 4. The number of benzene rings is 1. The van der Waals surface area contributed by atoms with Crippen LogP contribution in [0.2, 0.25) is 0 Å². The van der Waals surface area contributed by atoms with Gasteiger partial charge in [0.15, 0.2) is 0 Å². The van der Waals surface area contributed by atoms with E-state index in [2.05, 4.69) is 18.9 Å². The molecular weight excluding hydrogens is 1090 g/mol. The Morgan fingerprint density at radius 2 is 0.844 bits per heavy atom. The van der Waals surface area contributed by atoms with Crippen LogP contribution in [-0.4, -0.2) is 145 Å². The van der Waals surface area contributed by atoms with Crippen molar-refractivity contribution in [3.8, 4) is 5.75 Å². The Balaban J connectivity index is 0. The molecule has 0 aromatic heterocycles. The minimum atomic E-state index is -4.31. The number of ketones is 1. The maximum Gasteiger partial charge on any atom is 0.510 e. The SMILES string of the molecule is CC(C)OC(=O)OCOP(=O)(CC(CCC(=O)O)C(=O)O)OCOC(=O)OC(C)C.CCOP(=O)(CC(CCC(=O)OCc1ccc(OC(C)=O)cc1)C(=O)O)OCC.CCOP(=O)(CC(CCC(C)=O)C(=O)O)OCC. The van der Waals surface area contributed by atoms with Gasteiger partial charge < -0.3 is 71.7 Å². The molecule has 442 valence electrons. The molecule has 0 saturated carbocycles. The van der Waals surface area contributed by atoms with E-state index in [1.807, 2.05) is 0 Å². The number of hydrogen-bond acceptors (Lipinski definition) is 24. The van der Waals surface area contributed by atoms with Crippen LogP contribution >= 0.6 is 22.8 Å². The second kappa shape index (κ2) is 40.0. The minimum Gasteiger partial charge on any atom is -0.481 e. The second-order valence-corrected chi connectivity index (χ2v) is 22.7. The van der Waals surface area contributed by atoms with Crippen molar-refractivity contribution in [2.75, 3.05) is 58.5 Å². The molecule has 0 fully saturated rings. The molecule has 3 atom stereocenters. The van der Waals surface area contributed by atoms with Gasteiger partial charge in [-0.15, -0.1) is 0 Å². The molecule has 0 saturated heterocycles. The van der Waals surface area contributed by atoms with E-state index in [4.69, 9.17) is 46.8 Å². The van der Waals surface area contributed by atoms with Crippen molar-refractivity contribution >= 4 is 76.7 Å². The maximum absolute atomic E-state index is 12.9.